The molecular weight excluding hydrogens is 362 g/mol. The lowest BCUT2D eigenvalue weighted by Gasteiger charge is -2.23. The average molecular weight is 394 g/mol. The molecule has 1 fully saturated rings. The zero-order valence-corrected chi connectivity index (χ0v) is 17.8. The number of rotatable bonds is 5. The molecule has 29 heavy (non-hydrogen) atoms. The Kier molecular flexibility index (Phi) is 5.61. The van der Waals surface area contributed by atoms with E-state index in [4.69, 9.17) is 4.74 Å². The van der Waals surface area contributed by atoms with Gasteiger partial charge in [-0.25, -0.2) is 0 Å². The van der Waals surface area contributed by atoms with E-state index in [1.165, 1.54) is 29.4 Å². The number of H-pyrrole nitrogens is 1. The van der Waals surface area contributed by atoms with Crippen molar-refractivity contribution in [2.75, 3.05) is 20.2 Å². The van der Waals surface area contributed by atoms with Crippen LogP contribution in [0.25, 0.3) is 22.2 Å². The highest BCUT2D eigenvalue weighted by atomic mass is 16.5. The van der Waals surface area contributed by atoms with Crippen LogP contribution in [-0.2, 0) is 18.4 Å². The van der Waals surface area contributed by atoms with Crippen molar-refractivity contribution in [1.29, 1.82) is 0 Å². The molecule has 0 atom stereocenters. The number of piperidine rings is 1. The van der Waals surface area contributed by atoms with Gasteiger partial charge in [-0.3, -0.25) is 4.79 Å². The van der Waals surface area contributed by atoms with E-state index in [0.717, 1.165) is 29.9 Å². The van der Waals surface area contributed by atoms with Gasteiger partial charge in [0, 0.05) is 42.4 Å². The van der Waals surface area contributed by atoms with Gasteiger partial charge in [0.25, 0.3) is 5.56 Å². The third-order valence-electron chi connectivity index (χ3n) is 6.10. The number of aryl methyl sites for hydroxylation is 1. The zero-order chi connectivity index (χ0) is 20.5. The van der Waals surface area contributed by atoms with Gasteiger partial charge in [-0.05, 0) is 67.1 Å². The minimum absolute atomic E-state index is 0.00833. The van der Waals surface area contributed by atoms with Gasteiger partial charge in [-0.1, -0.05) is 19.9 Å². The van der Waals surface area contributed by atoms with Crippen molar-refractivity contribution in [2.24, 2.45) is 7.05 Å². The number of nitrogens with zero attached hydrogens (tertiary/aromatic N) is 1. The summed E-state index contributed by atoms with van der Waals surface area (Å²) in [7, 11) is 3.43. The van der Waals surface area contributed by atoms with Crippen LogP contribution in [0.5, 0.6) is 0 Å². The molecule has 4 rings (SSSR count). The molecule has 0 saturated carbocycles. The second-order valence-electron chi connectivity index (χ2n) is 8.50. The van der Waals surface area contributed by atoms with Crippen LogP contribution in [0.4, 0.5) is 0 Å². The molecular formula is C24H31N3O2. The molecule has 0 aliphatic carbocycles. The van der Waals surface area contributed by atoms with Crippen molar-refractivity contribution in [2.45, 2.75) is 45.1 Å². The van der Waals surface area contributed by atoms with Gasteiger partial charge < -0.3 is 19.6 Å². The summed E-state index contributed by atoms with van der Waals surface area (Å²) in [4.78, 5) is 16.1. The molecule has 3 aromatic rings. The van der Waals surface area contributed by atoms with Crippen LogP contribution in [0, 0.1) is 0 Å². The summed E-state index contributed by atoms with van der Waals surface area (Å²) in [6.45, 7) is 6.98. The number of ether oxygens (including phenoxy) is 1. The molecule has 0 radical (unpaired) electrons. The smallest absolute Gasteiger partial charge is 0.255 e. The van der Waals surface area contributed by atoms with Crippen LogP contribution in [0.15, 0.2) is 35.3 Å². The van der Waals surface area contributed by atoms with E-state index in [-0.39, 0.29) is 5.56 Å². The van der Waals surface area contributed by atoms with Gasteiger partial charge in [0.1, 0.15) is 0 Å². The van der Waals surface area contributed by atoms with Crippen LogP contribution in [0.1, 0.15) is 55.2 Å². The number of methoxy groups -OCH3 is 1. The SMILES string of the molecule is COCc1cc(-c2[nH]c3ccc(C4CCNCC4)cc3c2C(C)C)cn(C)c1=O. The van der Waals surface area contributed by atoms with Crippen LogP contribution in [0.2, 0.25) is 0 Å². The van der Waals surface area contributed by atoms with Crippen molar-refractivity contribution >= 4 is 10.9 Å². The third-order valence-corrected chi connectivity index (χ3v) is 6.10. The molecule has 5 heteroatoms. The van der Waals surface area contributed by atoms with Crippen molar-refractivity contribution < 1.29 is 4.74 Å². The summed E-state index contributed by atoms with van der Waals surface area (Å²) < 4.78 is 6.90. The number of pyridine rings is 1. The first-order valence-corrected chi connectivity index (χ1v) is 10.5. The van der Waals surface area contributed by atoms with Crippen LogP contribution >= 0.6 is 0 Å². The summed E-state index contributed by atoms with van der Waals surface area (Å²) in [5.74, 6) is 0.995. The Bertz CT molecular complexity index is 1070. The van der Waals surface area contributed by atoms with E-state index >= 15 is 0 Å². The second-order valence-corrected chi connectivity index (χ2v) is 8.50. The maximum atomic E-state index is 12.4. The number of hydrogen-bond acceptors (Lipinski definition) is 3. The number of aromatic amines is 1. The lowest BCUT2D eigenvalue weighted by molar-refractivity contribution is 0.183. The van der Waals surface area contributed by atoms with Gasteiger partial charge in [-0.15, -0.1) is 0 Å². The Balaban J connectivity index is 1.87. The fourth-order valence-corrected chi connectivity index (χ4v) is 4.64. The van der Waals surface area contributed by atoms with E-state index in [9.17, 15) is 4.79 Å². The minimum atomic E-state index is -0.00833. The van der Waals surface area contributed by atoms with E-state index in [1.807, 2.05) is 12.3 Å². The second kappa shape index (κ2) is 8.17. The number of aromatic nitrogens is 2. The molecule has 1 aromatic carbocycles. The largest absolute Gasteiger partial charge is 0.380 e. The van der Waals surface area contributed by atoms with Crippen LogP contribution in [-0.4, -0.2) is 29.8 Å². The first-order valence-electron chi connectivity index (χ1n) is 10.5. The fraction of sp³-hybridized carbons (Fsp3) is 0.458. The standard InChI is InChI=1S/C24H31N3O2/c1-15(2)22-20-12-17(16-7-9-25-10-8-16)5-6-21(20)26-23(22)18-11-19(14-29-4)24(28)27(3)13-18/h5-6,11-13,15-16,25-26H,7-10,14H2,1-4H3. The maximum Gasteiger partial charge on any atom is 0.255 e. The highest BCUT2D eigenvalue weighted by Gasteiger charge is 2.20. The Morgan fingerprint density at radius 1 is 1.21 bits per heavy atom. The van der Waals surface area contributed by atoms with Crippen LogP contribution in [0.3, 0.4) is 0 Å². The number of fused-ring (bicyclic) bond motifs is 1. The van der Waals surface area contributed by atoms with Gasteiger partial charge in [0.2, 0.25) is 0 Å². The molecule has 1 saturated heterocycles. The van der Waals surface area contributed by atoms with Crippen molar-refractivity contribution in [3.8, 4) is 11.3 Å². The van der Waals surface area contributed by atoms with E-state index in [0.29, 0.717) is 24.0 Å². The number of nitrogens with one attached hydrogen (secondary N) is 2. The minimum Gasteiger partial charge on any atom is -0.380 e. The van der Waals surface area contributed by atoms with E-state index in [1.54, 1.807) is 18.7 Å². The normalized spacial score (nSPS) is 15.5. The van der Waals surface area contributed by atoms with Crippen LogP contribution < -0.4 is 10.9 Å². The van der Waals surface area contributed by atoms with E-state index < -0.39 is 0 Å². The predicted octanol–water partition coefficient (Wildman–Crippen LogP) is 4.27. The quantitative estimate of drug-likeness (QED) is 0.681. The molecule has 1 aliphatic rings. The highest BCUT2D eigenvalue weighted by Crippen LogP contribution is 2.37. The summed E-state index contributed by atoms with van der Waals surface area (Å²) in [6.07, 6.45) is 4.31. The van der Waals surface area contributed by atoms with Crippen molar-refractivity contribution in [3.63, 3.8) is 0 Å². The molecule has 2 aromatic heterocycles. The molecule has 0 amide bonds. The van der Waals surface area contributed by atoms with Gasteiger partial charge in [-0.2, -0.15) is 0 Å². The zero-order valence-electron chi connectivity index (χ0n) is 17.8. The molecule has 0 bridgehead atoms. The third kappa shape index (κ3) is 3.77. The monoisotopic (exact) mass is 393 g/mol. The predicted molar refractivity (Wildman–Crippen MR) is 119 cm³/mol. The fourth-order valence-electron chi connectivity index (χ4n) is 4.64. The van der Waals surface area contributed by atoms with E-state index in [2.05, 4.69) is 42.3 Å². The van der Waals surface area contributed by atoms with Crippen molar-refractivity contribution in [1.82, 2.24) is 14.9 Å². The highest BCUT2D eigenvalue weighted by molar-refractivity contribution is 5.92. The Morgan fingerprint density at radius 3 is 2.66 bits per heavy atom. The first-order chi connectivity index (χ1) is 14.0. The summed E-state index contributed by atoms with van der Waals surface area (Å²) in [5.41, 5.74) is 6.71. The average Bonchev–Trinajstić information content (AvgIpc) is 3.11. The number of benzene rings is 1. The van der Waals surface area contributed by atoms with Crippen molar-refractivity contribution in [3.05, 3.63) is 57.5 Å². The topological polar surface area (TPSA) is 59.0 Å². The lowest BCUT2D eigenvalue weighted by Crippen LogP contribution is -2.26. The number of hydrogen-bond donors (Lipinski definition) is 2. The maximum absolute atomic E-state index is 12.4. The lowest BCUT2D eigenvalue weighted by atomic mass is 9.88. The van der Waals surface area contributed by atoms with Gasteiger partial charge in [0.05, 0.1) is 12.3 Å². The summed E-state index contributed by atoms with van der Waals surface area (Å²) >= 11 is 0. The summed E-state index contributed by atoms with van der Waals surface area (Å²) in [5, 5.41) is 4.76. The Hall–Kier alpha value is -2.37. The molecule has 3 heterocycles. The molecule has 154 valence electrons. The molecule has 1 aliphatic heterocycles. The van der Waals surface area contributed by atoms with Gasteiger partial charge >= 0.3 is 0 Å². The Morgan fingerprint density at radius 2 is 1.97 bits per heavy atom. The molecule has 5 nitrogen and oxygen atoms in total. The first kappa shape index (κ1) is 19.9. The summed E-state index contributed by atoms with van der Waals surface area (Å²) in [6, 6.07) is 8.86. The molecule has 0 spiro atoms. The molecule has 0 unspecified atom stereocenters. The Labute approximate surface area is 172 Å². The van der Waals surface area contributed by atoms with Gasteiger partial charge in [0.15, 0.2) is 0 Å². The molecule has 2 N–H and O–H groups in total.